The zero-order valence-electron chi connectivity index (χ0n) is 3.71. The number of hydrogen-bond acceptors (Lipinski definition) is 4. The highest BCUT2D eigenvalue weighted by Gasteiger charge is 1.83. The molecular formula is C3H3N2S2-. The Morgan fingerprint density at radius 3 is 2.57 bits per heavy atom. The van der Waals surface area contributed by atoms with Gasteiger partial charge in [0.05, 0.1) is 0 Å². The molecule has 0 aliphatic carbocycles. The molecule has 0 amide bonds. The van der Waals surface area contributed by atoms with Crippen LogP contribution in [0.25, 0.3) is 0 Å². The minimum absolute atomic E-state index is 0.630. The summed E-state index contributed by atoms with van der Waals surface area (Å²) in [5.74, 6) is 0. The van der Waals surface area contributed by atoms with Crippen LogP contribution in [0.2, 0.25) is 0 Å². The summed E-state index contributed by atoms with van der Waals surface area (Å²) in [6.45, 7) is 1.91. The van der Waals surface area contributed by atoms with E-state index >= 15 is 0 Å². The van der Waals surface area contributed by atoms with Crippen molar-refractivity contribution in [2.45, 2.75) is 11.9 Å². The van der Waals surface area contributed by atoms with Crippen LogP contribution >= 0.6 is 11.5 Å². The van der Waals surface area contributed by atoms with Crippen LogP contribution in [0.4, 0.5) is 0 Å². The fourth-order valence-electron chi connectivity index (χ4n) is 0.228. The monoisotopic (exact) mass is 131 g/mol. The van der Waals surface area contributed by atoms with Gasteiger partial charge in [-0.15, -0.1) is 0 Å². The van der Waals surface area contributed by atoms with Crippen LogP contribution in [0.1, 0.15) is 4.88 Å². The topological polar surface area (TPSA) is 25.8 Å². The first-order valence-corrected chi connectivity index (χ1v) is 2.95. The molecular weight excluding hydrogens is 128 g/mol. The molecule has 0 spiro atoms. The fourth-order valence-corrected chi connectivity index (χ4v) is 0.796. The molecule has 0 unspecified atom stereocenters. The summed E-state index contributed by atoms with van der Waals surface area (Å²) in [7, 11) is 0. The van der Waals surface area contributed by atoms with Crippen LogP contribution in [-0.4, -0.2) is 9.59 Å². The lowest BCUT2D eigenvalue weighted by Crippen LogP contribution is -1.69. The van der Waals surface area contributed by atoms with Crippen LogP contribution in [0.5, 0.6) is 0 Å². The molecule has 38 valence electrons. The van der Waals surface area contributed by atoms with Gasteiger partial charge in [-0.1, -0.05) is 4.49 Å². The maximum atomic E-state index is 4.72. The molecule has 0 aliphatic rings. The van der Waals surface area contributed by atoms with Crippen molar-refractivity contribution in [3.8, 4) is 0 Å². The first-order valence-electron chi connectivity index (χ1n) is 1.76. The van der Waals surface area contributed by atoms with Gasteiger partial charge in [0.1, 0.15) is 0 Å². The molecule has 1 heterocycles. The van der Waals surface area contributed by atoms with E-state index in [0.29, 0.717) is 5.03 Å². The Morgan fingerprint density at radius 2 is 2.43 bits per heavy atom. The molecule has 7 heavy (non-hydrogen) atoms. The molecule has 1 rings (SSSR count). The highest BCUT2D eigenvalue weighted by molar-refractivity contribution is 7.59. The Morgan fingerprint density at radius 1 is 1.71 bits per heavy atom. The SMILES string of the molecule is Cc1snnc1[S-]. The average Bonchev–Trinajstić information content (AvgIpc) is 1.91. The largest absolute Gasteiger partial charge is 0.757 e. The second kappa shape index (κ2) is 1.71. The van der Waals surface area contributed by atoms with E-state index < -0.39 is 0 Å². The van der Waals surface area contributed by atoms with Gasteiger partial charge >= 0.3 is 0 Å². The third kappa shape index (κ3) is 0.863. The van der Waals surface area contributed by atoms with Crippen LogP contribution in [0, 0.1) is 6.92 Å². The van der Waals surface area contributed by atoms with Gasteiger partial charge in [-0.05, 0) is 23.5 Å². The highest BCUT2D eigenvalue weighted by Crippen LogP contribution is 2.04. The van der Waals surface area contributed by atoms with Crippen LogP contribution in [0.15, 0.2) is 5.03 Å². The quantitative estimate of drug-likeness (QED) is 0.486. The number of nitrogens with zero attached hydrogens (tertiary/aromatic N) is 2. The minimum Gasteiger partial charge on any atom is -0.757 e. The summed E-state index contributed by atoms with van der Waals surface area (Å²) in [4.78, 5) is 1.02. The summed E-state index contributed by atoms with van der Waals surface area (Å²) in [6, 6.07) is 0. The van der Waals surface area contributed by atoms with Gasteiger partial charge in [0.2, 0.25) is 0 Å². The molecule has 0 aromatic carbocycles. The maximum Gasteiger partial charge on any atom is 0.0230 e. The Labute approximate surface area is 51.1 Å². The van der Waals surface area contributed by atoms with Crippen molar-refractivity contribution in [2.24, 2.45) is 0 Å². The Kier molecular flexibility index (Phi) is 1.21. The normalized spacial score (nSPS) is 9.29. The summed E-state index contributed by atoms with van der Waals surface area (Å²) >= 11 is 6.06. The molecule has 4 heteroatoms. The Hall–Kier alpha value is -0.220. The van der Waals surface area contributed by atoms with Gasteiger partial charge in [-0.25, -0.2) is 0 Å². The number of aryl methyl sites for hydroxylation is 1. The molecule has 0 bridgehead atoms. The van der Waals surface area contributed by atoms with E-state index in [4.69, 9.17) is 12.6 Å². The lowest BCUT2D eigenvalue weighted by Gasteiger charge is -1.92. The zero-order chi connectivity index (χ0) is 5.28. The van der Waals surface area contributed by atoms with Crippen molar-refractivity contribution in [3.05, 3.63) is 4.88 Å². The summed E-state index contributed by atoms with van der Waals surface area (Å²) in [5, 5.41) is 4.23. The number of hydrogen-bond donors (Lipinski definition) is 0. The Bertz CT molecular complexity index is 143. The molecule has 0 fully saturated rings. The average molecular weight is 131 g/mol. The smallest absolute Gasteiger partial charge is 0.0230 e. The third-order valence-corrected chi connectivity index (χ3v) is 1.76. The standard InChI is InChI=1S/C3H4N2S2/c1-2-3(6)4-5-7-2/h6H,1H3/p-1. The maximum absolute atomic E-state index is 4.72. The highest BCUT2D eigenvalue weighted by atomic mass is 32.1. The van der Waals surface area contributed by atoms with E-state index in [1.165, 1.54) is 11.5 Å². The van der Waals surface area contributed by atoms with E-state index in [0.717, 1.165) is 4.88 Å². The zero-order valence-corrected chi connectivity index (χ0v) is 5.34. The predicted molar refractivity (Wildman–Crippen MR) is 30.3 cm³/mol. The second-order valence-corrected chi connectivity index (χ2v) is 2.48. The van der Waals surface area contributed by atoms with Gasteiger partial charge < -0.3 is 12.6 Å². The van der Waals surface area contributed by atoms with E-state index in [1.54, 1.807) is 0 Å². The molecule has 1 aromatic heterocycles. The molecule has 0 N–H and O–H groups in total. The van der Waals surface area contributed by atoms with E-state index in [-0.39, 0.29) is 0 Å². The van der Waals surface area contributed by atoms with Crippen molar-refractivity contribution in [1.82, 2.24) is 9.59 Å². The number of aromatic nitrogens is 2. The van der Waals surface area contributed by atoms with Crippen molar-refractivity contribution >= 4 is 24.2 Å². The van der Waals surface area contributed by atoms with Gasteiger partial charge in [0, 0.05) is 4.88 Å². The molecule has 0 saturated carbocycles. The first-order chi connectivity index (χ1) is 3.30. The minimum atomic E-state index is 0.630. The first kappa shape index (κ1) is 4.93. The van der Waals surface area contributed by atoms with Crippen LogP contribution in [-0.2, 0) is 12.6 Å². The molecule has 0 aliphatic heterocycles. The molecule has 2 nitrogen and oxygen atoms in total. The van der Waals surface area contributed by atoms with Crippen molar-refractivity contribution in [3.63, 3.8) is 0 Å². The van der Waals surface area contributed by atoms with E-state index in [1.807, 2.05) is 6.92 Å². The van der Waals surface area contributed by atoms with Crippen molar-refractivity contribution < 1.29 is 0 Å². The lowest BCUT2D eigenvalue weighted by atomic mass is 10.6. The van der Waals surface area contributed by atoms with Gasteiger partial charge in [-0.2, -0.15) is 5.10 Å². The van der Waals surface area contributed by atoms with E-state index in [2.05, 4.69) is 9.59 Å². The van der Waals surface area contributed by atoms with Crippen LogP contribution < -0.4 is 0 Å². The Balaban J connectivity index is 3.12. The van der Waals surface area contributed by atoms with Gasteiger partial charge in [0.15, 0.2) is 0 Å². The summed E-state index contributed by atoms with van der Waals surface area (Å²) < 4.78 is 3.61. The lowest BCUT2D eigenvalue weighted by molar-refractivity contribution is 1.02. The van der Waals surface area contributed by atoms with Crippen molar-refractivity contribution in [1.29, 1.82) is 0 Å². The molecule has 0 atom stereocenters. The van der Waals surface area contributed by atoms with Crippen molar-refractivity contribution in [2.75, 3.05) is 0 Å². The summed E-state index contributed by atoms with van der Waals surface area (Å²) in [5.41, 5.74) is 0. The predicted octanol–water partition coefficient (Wildman–Crippen LogP) is 0.752. The molecule has 0 saturated heterocycles. The second-order valence-electron chi connectivity index (χ2n) is 1.13. The van der Waals surface area contributed by atoms with Gasteiger partial charge in [-0.3, -0.25) is 0 Å². The van der Waals surface area contributed by atoms with Gasteiger partial charge in [0.25, 0.3) is 0 Å². The third-order valence-electron chi connectivity index (χ3n) is 0.611. The summed E-state index contributed by atoms with van der Waals surface area (Å²) in [6.07, 6.45) is 0. The van der Waals surface area contributed by atoms with E-state index in [9.17, 15) is 0 Å². The molecule has 0 radical (unpaired) electrons. The molecule has 1 aromatic rings. The fraction of sp³-hybridized carbons (Fsp3) is 0.333. The number of rotatable bonds is 0. The van der Waals surface area contributed by atoms with Crippen LogP contribution in [0.3, 0.4) is 0 Å².